The first-order valence-corrected chi connectivity index (χ1v) is 6.27. The van der Waals surface area contributed by atoms with Crippen LogP contribution in [0.25, 0.3) is 0 Å². The van der Waals surface area contributed by atoms with Crippen LogP contribution in [-0.4, -0.2) is 18.2 Å². The molecule has 0 atom stereocenters. The van der Waals surface area contributed by atoms with Gasteiger partial charge >= 0.3 is 6.09 Å². The Morgan fingerprint density at radius 2 is 1.90 bits per heavy atom. The second kappa shape index (κ2) is 6.56. The minimum absolute atomic E-state index is 0.475. The maximum absolute atomic E-state index is 11.1. The highest BCUT2D eigenvalue weighted by atomic mass is 16.5. The highest BCUT2D eigenvalue weighted by Gasteiger charge is 2.01. The van der Waals surface area contributed by atoms with Crippen LogP contribution in [0.2, 0.25) is 0 Å². The molecule has 5 heteroatoms. The summed E-state index contributed by atoms with van der Waals surface area (Å²) in [6.07, 6.45) is 3.17. The van der Waals surface area contributed by atoms with E-state index >= 15 is 0 Å². The van der Waals surface area contributed by atoms with E-state index in [4.69, 9.17) is 0 Å². The number of ether oxygens (including phenoxy) is 1. The zero-order valence-corrected chi connectivity index (χ0v) is 11.5. The zero-order valence-electron chi connectivity index (χ0n) is 11.5. The molecule has 104 valence electrons. The van der Waals surface area contributed by atoms with E-state index in [1.54, 1.807) is 6.20 Å². The summed E-state index contributed by atoms with van der Waals surface area (Å²) in [7, 11) is 1.33. The van der Waals surface area contributed by atoms with Gasteiger partial charge in [0.25, 0.3) is 0 Å². The molecule has 1 heterocycles. The van der Waals surface area contributed by atoms with Gasteiger partial charge in [0, 0.05) is 30.3 Å². The highest BCUT2D eigenvalue weighted by Crippen LogP contribution is 2.15. The molecule has 0 unspecified atom stereocenters. The molecule has 2 rings (SSSR count). The molecule has 20 heavy (non-hydrogen) atoms. The summed E-state index contributed by atoms with van der Waals surface area (Å²) in [5.74, 6) is 0. The number of nitrogens with zero attached hydrogens (tertiary/aromatic N) is 1. The van der Waals surface area contributed by atoms with Crippen molar-refractivity contribution in [2.24, 2.45) is 0 Å². The fourth-order valence-electron chi connectivity index (χ4n) is 1.72. The van der Waals surface area contributed by atoms with Gasteiger partial charge in [0.05, 0.1) is 7.11 Å². The Kier molecular flexibility index (Phi) is 4.55. The molecule has 0 fully saturated rings. The Bertz CT molecular complexity index is 582. The number of nitrogens with one attached hydrogen (secondary N) is 2. The molecule has 1 aromatic carbocycles. The van der Waals surface area contributed by atoms with Crippen molar-refractivity contribution in [1.29, 1.82) is 0 Å². The Labute approximate surface area is 118 Å². The molecule has 5 nitrogen and oxygen atoms in total. The van der Waals surface area contributed by atoms with Gasteiger partial charge < -0.3 is 10.1 Å². The number of aromatic nitrogens is 1. The molecule has 0 spiro atoms. The normalized spacial score (nSPS) is 9.90. The van der Waals surface area contributed by atoms with Crippen LogP contribution >= 0.6 is 0 Å². The summed E-state index contributed by atoms with van der Waals surface area (Å²) in [6, 6.07) is 9.42. The fourth-order valence-corrected chi connectivity index (χ4v) is 1.72. The fraction of sp³-hybridized carbons (Fsp3) is 0.200. The number of pyridine rings is 1. The molecule has 0 saturated heterocycles. The number of carbonyl (C=O) groups is 1. The van der Waals surface area contributed by atoms with Gasteiger partial charge in [-0.05, 0) is 48.4 Å². The molecule has 1 aromatic heterocycles. The van der Waals surface area contributed by atoms with Gasteiger partial charge in [-0.25, -0.2) is 4.79 Å². The molecule has 1 amide bonds. The van der Waals surface area contributed by atoms with E-state index in [1.165, 1.54) is 12.7 Å². The Morgan fingerprint density at radius 3 is 2.55 bits per heavy atom. The minimum Gasteiger partial charge on any atom is -0.453 e. The SMILES string of the molecule is COC(=O)Nc1ccc(NCc2cnccc2C)cc1. The summed E-state index contributed by atoms with van der Waals surface area (Å²) >= 11 is 0. The molecular formula is C15H17N3O2. The molecule has 0 aliphatic heterocycles. The van der Waals surface area contributed by atoms with Gasteiger partial charge in [-0.15, -0.1) is 0 Å². The third-order valence-corrected chi connectivity index (χ3v) is 2.95. The van der Waals surface area contributed by atoms with E-state index in [9.17, 15) is 4.79 Å². The molecule has 0 aliphatic rings. The van der Waals surface area contributed by atoms with Crippen LogP contribution in [0.5, 0.6) is 0 Å². The first-order valence-electron chi connectivity index (χ1n) is 6.27. The first kappa shape index (κ1) is 13.9. The van der Waals surface area contributed by atoms with Crippen LogP contribution in [0, 0.1) is 6.92 Å². The van der Waals surface area contributed by atoms with Crippen LogP contribution in [0.3, 0.4) is 0 Å². The van der Waals surface area contributed by atoms with Gasteiger partial charge in [-0.2, -0.15) is 0 Å². The van der Waals surface area contributed by atoms with Crippen LogP contribution in [-0.2, 0) is 11.3 Å². The lowest BCUT2D eigenvalue weighted by Crippen LogP contribution is -2.10. The van der Waals surface area contributed by atoms with E-state index in [-0.39, 0.29) is 0 Å². The van der Waals surface area contributed by atoms with Crippen molar-refractivity contribution in [3.8, 4) is 0 Å². The van der Waals surface area contributed by atoms with E-state index in [1.807, 2.05) is 36.5 Å². The molecule has 0 bridgehead atoms. The van der Waals surface area contributed by atoms with Gasteiger partial charge in [-0.3, -0.25) is 10.3 Å². The Morgan fingerprint density at radius 1 is 1.20 bits per heavy atom. The number of anilines is 2. The number of rotatable bonds is 4. The predicted octanol–water partition coefficient (Wildman–Crippen LogP) is 3.18. The summed E-state index contributed by atoms with van der Waals surface area (Å²) < 4.78 is 4.53. The molecule has 0 aliphatic carbocycles. The van der Waals surface area contributed by atoms with Crippen LogP contribution < -0.4 is 10.6 Å². The summed E-state index contributed by atoms with van der Waals surface area (Å²) in [6.45, 7) is 2.77. The quantitative estimate of drug-likeness (QED) is 0.896. The maximum Gasteiger partial charge on any atom is 0.411 e. The average Bonchev–Trinajstić information content (AvgIpc) is 2.48. The highest BCUT2D eigenvalue weighted by molar-refractivity contribution is 5.84. The van der Waals surface area contributed by atoms with Crippen molar-refractivity contribution in [1.82, 2.24) is 4.98 Å². The molecule has 0 radical (unpaired) electrons. The van der Waals surface area contributed by atoms with Crippen molar-refractivity contribution in [2.45, 2.75) is 13.5 Å². The van der Waals surface area contributed by atoms with E-state index in [0.717, 1.165) is 11.3 Å². The van der Waals surface area contributed by atoms with Crippen molar-refractivity contribution in [3.05, 3.63) is 53.9 Å². The Hall–Kier alpha value is -2.56. The lowest BCUT2D eigenvalue weighted by atomic mass is 10.1. The Balaban J connectivity index is 1.94. The molecule has 2 N–H and O–H groups in total. The van der Waals surface area contributed by atoms with Crippen molar-refractivity contribution in [2.75, 3.05) is 17.7 Å². The van der Waals surface area contributed by atoms with Gasteiger partial charge in [0.1, 0.15) is 0 Å². The molecule has 0 saturated carbocycles. The van der Waals surface area contributed by atoms with Crippen LogP contribution in [0.1, 0.15) is 11.1 Å². The minimum atomic E-state index is -0.475. The predicted molar refractivity (Wildman–Crippen MR) is 78.8 cm³/mol. The smallest absolute Gasteiger partial charge is 0.411 e. The lowest BCUT2D eigenvalue weighted by molar-refractivity contribution is 0.187. The van der Waals surface area contributed by atoms with Crippen LogP contribution in [0.15, 0.2) is 42.7 Å². The van der Waals surface area contributed by atoms with Gasteiger partial charge in [0.15, 0.2) is 0 Å². The molecule has 2 aromatic rings. The number of amides is 1. The summed E-state index contributed by atoms with van der Waals surface area (Å²) in [4.78, 5) is 15.2. The average molecular weight is 271 g/mol. The zero-order chi connectivity index (χ0) is 14.4. The molecular weight excluding hydrogens is 254 g/mol. The van der Waals surface area contributed by atoms with Gasteiger partial charge in [-0.1, -0.05) is 0 Å². The number of hydrogen-bond donors (Lipinski definition) is 2. The maximum atomic E-state index is 11.1. The standard InChI is InChI=1S/C15H17N3O2/c1-11-7-8-16-9-12(11)10-17-13-3-5-14(6-4-13)18-15(19)20-2/h3-9,17H,10H2,1-2H3,(H,18,19). The summed E-state index contributed by atoms with van der Waals surface area (Å²) in [5, 5.41) is 5.92. The van der Waals surface area contributed by atoms with Crippen molar-refractivity contribution in [3.63, 3.8) is 0 Å². The monoisotopic (exact) mass is 271 g/mol. The van der Waals surface area contributed by atoms with Gasteiger partial charge in [0.2, 0.25) is 0 Å². The second-order valence-corrected chi connectivity index (χ2v) is 4.35. The number of aryl methyl sites for hydroxylation is 1. The van der Waals surface area contributed by atoms with E-state index in [2.05, 4.69) is 27.3 Å². The van der Waals surface area contributed by atoms with Crippen molar-refractivity contribution < 1.29 is 9.53 Å². The second-order valence-electron chi connectivity index (χ2n) is 4.35. The summed E-state index contributed by atoms with van der Waals surface area (Å²) in [5.41, 5.74) is 4.03. The van der Waals surface area contributed by atoms with Crippen molar-refractivity contribution >= 4 is 17.5 Å². The topological polar surface area (TPSA) is 63.2 Å². The number of benzene rings is 1. The number of hydrogen-bond acceptors (Lipinski definition) is 4. The largest absolute Gasteiger partial charge is 0.453 e. The third-order valence-electron chi connectivity index (χ3n) is 2.95. The third kappa shape index (κ3) is 3.71. The number of methoxy groups -OCH3 is 1. The lowest BCUT2D eigenvalue weighted by Gasteiger charge is -2.09. The first-order chi connectivity index (χ1) is 9.69. The van der Waals surface area contributed by atoms with Crippen LogP contribution in [0.4, 0.5) is 16.2 Å². The number of carbonyl (C=O) groups excluding carboxylic acids is 1. The van der Waals surface area contributed by atoms with E-state index in [0.29, 0.717) is 12.2 Å². The van der Waals surface area contributed by atoms with E-state index < -0.39 is 6.09 Å².